The first-order valence-electron chi connectivity index (χ1n) is 10.9. The number of methoxy groups -OCH3 is 1. The largest absolute Gasteiger partial charge is 0.475 e. The molecular weight excluding hydrogens is 442 g/mol. The van der Waals surface area contributed by atoms with Gasteiger partial charge in [-0.05, 0) is 62.1 Å². The van der Waals surface area contributed by atoms with Crippen LogP contribution in [-0.2, 0) is 31.4 Å². The van der Waals surface area contributed by atoms with E-state index >= 15 is 0 Å². The van der Waals surface area contributed by atoms with Crippen LogP contribution in [-0.4, -0.2) is 44.6 Å². The van der Waals surface area contributed by atoms with Gasteiger partial charge < -0.3 is 9.47 Å². The summed E-state index contributed by atoms with van der Waals surface area (Å²) in [6.07, 6.45) is 3.47. The van der Waals surface area contributed by atoms with Crippen molar-refractivity contribution in [3.63, 3.8) is 0 Å². The highest BCUT2D eigenvalue weighted by Gasteiger charge is 2.54. The van der Waals surface area contributed by atoms with E-state index in [0.717, 1.165) is 17.7 Å². The van der Waals surface area contributed by atoms with Gasteiger partial charge >= 0.3 is 0 Å². The zero-order valence-electron chi connectivity index (χ0n) is 18.9. The Bertz CT molecular complexity index is 1300. The van der Waals surface area contributed by atoms with E-state index < -0.39 is 21.3 Å². The Morgan fingerprint density at radius 3 is 2.67 bits per heavy atom. The second-order valence-corrected chi connectivity index (χ2v) is 9.83. The number of nitrogens with one attached hydrogen (secondary N) is 1. The van der Waals surface area contributed by atoms with E-state index in [0.29, 0.717) is 41.8 Å². The van der Waals surface area contributed by atoms with Crippen molar-refractivity contribution < 1.29 is 22.7 Å². The molecule has 0 radical (unpaired) electrons. The first kappa shape index (κ1) is 23.1. The van der Waals surface area contributed by atoms with Crippen molar-refractivity contribution in [1.82, 2.24) is 14.7 Å². The Balaban J connectivity index is 1.67. The van der Waals surface area contributed by atoms with Crippen molar-refractivity contribution in [2.24, 2.45) is 0 Å². The number of benzene rings is 1. The molecule has 0 atom stereocenters. The monoisotopic (exact) mass is 469 g/mol. The number of aromatic nitrogens is 2. The van der Waals surface area contributed by atoms with Crippen molar-refractivity contribution >= 4 is 26.8 Å². The lowest BCUT2D eigenvalue weighted by atomic mass is 9.94. The van der Waals surface area contributed by atoms with Gasteiger partial charge in [0.25, 0.3) is 10.0 Å². The number of amides is 1. The van der Waals surface area contributed by atoms with Gasteiger partial charge in [-0.3, -0.25) is 9.78 Å². The molecule has 9 heteroatoms. The van der Waals surface area contributed by atoms with Gasteiger partial charge in [0.15, 0.2) is 0 Å². The molecule has 0 saturated heterocycles. The number of nitrogens with zero attached hydrogens (tertiary/aromatic N) is 2. The van der Waals surface area contributed by atoms with Crippen LogP contribution in [0.4, 0.5) is 0 Å². The summed E-state index contributed by atoms with van der Waals surface area (Å²) in [7, 11) is -2.55. The Kier molecular flexibility index (Phi) is 6.36. The van der Waals surface area contributed by atoms with Gasteiger partial charge in [-0.25, -0.2) is 18.1 Å². The highest BCUT2D eigenvalue weighted by molar-refractivity contribution is 7.90. The molecule has 1 aliphatic carbocycles. The number of rotatable bonds is 9. The summed E-state index contributed by atoms with van der Waals surface area (Å²) in [5, 5.41) is 0.464. The van der Waals surface area contributed by atoms with Gasteiger partial charge in [-0.15, -0.1) is 0 Å². The number of ether oxygens (including phenoxy) is 2. The molecule has 2 aromatic heterocycles. The van der Waals surface area contributed by atoms with Crippen molar-refractivity contribution in [3.05, 3.63) is 59.4 Å². The Labute approximate surface area is 193 Å². The SMILES string of the molecule is CCc1cnc(OCCOC)c(C2(C(=O)NS(=O)(=O)c3cccc4nc(C)ccc34)CC2)c1. The number of sulfonamides is 1. The second-order valence-electron chi connectivity index (χ2n) is 8.18. The van der Waals surface area contributed by atoms with Crippen molar-refractivity contribution in [1.29, 1.82) is 0 Å². The third kappa shape index (κ3) is 4.56. The summed E-state index contributed by atoms with van der Waals surface area (Å²) in [5.41, 5.74) is 1.90. The molecule has 0 spiro atoms. The topological polar surface area (TPSA) is 107 Å². The van der Waals surface area contributed by atoms with E-state index in [1.54, 1.807) is 37.6 Å². The Hall–Kier alpha value is -3.04. The predicted molar refractivity (Wildman–Crippen MR) is 124 cm³/mol. The summed E-state index contributed by atoms with van der Waals surface area (Å²) in [4.78, 5) is 22.2. The summed E-state index contributed by atoms with van der Waals surface area (Å²) in [5.74, 6) is -0.245. The van der Waals surface area contributed by atoms with Gasteiger partial charge in [0.05, 0.1) is 22.4 Å². The number of hydrogen-bond donors (Lipinski definition) is 1. The minimum absolute atomic E-state index is 0.0219. The molecule has 3 aromatic rings. The molecule has 1 aromatic carbocycles. The number of hydrogen-bond acceptors (Lipinski definition) is 7. The van der Waals surface area contributed by atoms with Crippen LogP contribution < -0.4 is 9.46 Å². The number of carbonyl (C=O) groups excluding carboxylic acids is 1. The predicted octanol–water partition coefficient (Wildman–Crippen LogP) is 3.06. The van der Waals surface area contributed by atoms with Crippen LogP contribution in [0.2, 0.25) is 0 Å². The highest BCUT2D eigenvalue weighted by atomic mass is 32.2. The maximum atomic E-state index is 13.4. The van der Waals surface area contributed by atoms with Crippen molar-refractivity contribution in [3.8, 4) is 5.88 Å². The van der Waals surface area contributed by atoms with Crippen molar-refractivity contribution in [2.45, 2.75) is 43.4 Å². The standard InChI is InChI=1S/C24H27N3O5S/c1-4-17-14-19(22(25-15-17)32-13-12-31-3)24(10-11-24)23(28)27-33(29,30)21-7-5-6-20-18(21)9-8-16(2)26-20/h5-9,14-15H,4,10-13H2,1-3H3,(H,27,28). The number of pyridine rings is 2. The molecule has 0 aliphatic heterocycles. The summed E-state index contributed by atoms with van der Waals surface area (Å²) >= 11 is 0. The normalized spacial score (nSPS) is 14.8. The van der Waals surface area contributed by atoms with E-state index in [1.165, 1.54) is 6.07 Å². The molecule has 8 nitrogen and oxygen atoms in total. The van der Waals surface area contributed by atoms with Crippen LogP contribution >= 0.6 is 0 Å². The minimum atomic E-state index is -4.12. The molecule has 4 rings (SSSR count). The maximum absolute atomic E-state index is 13.4. The molecule has 1 aliphatic rings. The van der Waals surface area contributed by atoms with Crippen LogP contribution in [0.1, 0.15) is 36.6 Å². The number of fused-ring (bicyclic) bond motifs is 1. The van der Waals surface area contributed by atoms with Gasteiger partial charge in [-0.2, -0.15) is 0 Å². The smallest absolute Gasteiger partial charge is 0.264 e. The molecule has 33 heavy (non-hydrogen) atoms. The molecule has 1 saturated carbocycles. The maximum Gasteiger partial charge on any atom is 0.264 e. The molecule has 1 N–H and O–H groups in total. The molecule has 1 amide bonds. The van der Waals surface area contributed by atoms with E-state index in [1.807, 2.05) is 19.9 Å². The molecule has 1 fully saturated rings. The molecule has 0 bridgehead atoms. The first-order chi connectivity index (χ1) is 15.8. The Morgan fingerprint density at radius 1 is 1.18 bits per heavy atom. The van der Waals surface area contributed by atoms with Gasteiger partial charge in [0.1, 0.15) is 6.61 Å². The number of aryl methyl sites for hydroxylation is 2. The lowest BCUT2D eigenvalue weighted by molar-refractivity contribution is -0.121. The zero-order chi connectivity index (χ0) is 23.6. The number of carbonyl (C=O) groups is 1. The fourth-order valence-electron chi connectivity index (χ4n) is 3.85. The summed E-state index contributed by atoms with van der Waals surface area (Å²) in [6.45, 7) is 4.48. The van der Waals surface area contributed by atoms with Crippen LogP contribution in [0.5, 0.6) is 5.88 Å². The minimum Gasteiger partial charge on any atom is -0.475 e. The fourth-order valence-corrected chi connectivity index (χ4v) is 5.12. The quantitative estimate of drug-likeness (QED) is 0.480. The van der Waals surface area contributed by atoms with E-state index in [2.05, 4.69) is 14.7 Å². The van der Waals surface area contributed by atoms with Crippen LogP contribution in [0.3, 0.4) is 0 Å². The third-order valence-corrected chi connectivity index (χ3v) is 7.28. The average Bonchev–Trinajstić information content (AvgIpc) is 3.60. The van der Waals surface area contributed by atoms with Crippen LogP contribution in [0, 0.1) is 6.92 Å². The summed E-state index contributed by atoms with van der Waals surface area (Å²) < 4.78 is 39.6. The van der Waals surface area contributed by atoms with Gasteiger partial charge in [0.2, 0.25) is 11.8 Å². The van der Waals surface area contributed by atoms with Crippen LogP contribution in [0.15, 0.2) is 47.5 Å². The third-order valence-electron chi connectivity index (χ3n) is 5.89. The zero-order valence-corrected chi connectivity index (χ0v) is 19.7. The van der Waals surface area contributed by atoms with Gasteiger partial charge in [0, 0.05) is 30.0 Å². The van der Waals surface area contributed by atoms with E-state index in [-0.39, 0.29) is 11.5 Å². The lowest BCUT2D eigenvalue weighted by Crippen LogP contribution is -2.39. The van der Waals surface area contributed by atoms with E-state index in [9.17, 15) is 13.2 Å². The molecule has 174 valence electrons. The first-order valence-corrected chi connectivity index (χ1v) is 12.3. The summed E-state index contributed by atoms with van der Waals surface area (Å²) in [6, 6.07) is 10.2. The highest BCUT2D eigenvalue weighted by Crippen LogP contribution is 2.51. The van der Waals surface area contributed by atoms with Crippen LogP contribution in [0.25, 0.3) is 10.9 Å². The van der Waals surface area contributed by atoms with E-state index in [4.69, 9.17) is 9.47 Å². The second kappa shape index (κ2) is 9.07. The lowest BCUT2D eigenvalue weighted by Gasteiger charge is -2.20. The average molecular weight is 470 g/mol. The fraction of sp³-hybridized carbons (Fsp3) is 0.375. The van der Waals surface area contributed by atoms with Crippen molar-refractivity contribution in [2.75, 3.05) is 20.3 Å². The molecule has 0 unspecified atom stereocenters. The molecular formula is C24H27N3O5S. The molecule has 2 heterocycles. The van der Waals surface area contributed by atoms with Gasteiger partial charge in [-0.1, -0.05) is 13.0 Å². The Morgan fingerprint density at radius 2 is 1.97 bits per heavy atom.